The SMILES string of the molecule is CCc1ccc(C(Cl)c2c(F)c(F)c(F)c(F)c2F)cc1. The zero-order chi connectivity index (χ0) is 15.7. The van der Waals surface area contributed by atoms with Crippen LogP contribution in [0.25, 0.3) is 0 Å². The van der Waals surface area contributed by atoms with Crippen molar-refractivity contribution in [3.05, 3.63) is 70.0 Å². The first-order valence-corrected chi connectivity index (χ1v) is 6.56. The molecule has 2 aromatic rings. The van der Waals surface area contributed by atoms with E-state index in [0.29, 0.717) is 0 Å². The van der Waals surface area contributed by atoms with E-state index in [9.17, 15) is 22.0 Å². The Morgan fingerprint density at radius 3 is 1.67 bits per heavy atom. The van der Waals surface area contributed by atoms with Gasteiger partial charge in [-0.2, -0.15) is 0 Å². The van der Waals surface area contributed by atoms with Gasteiger partial charge in [-0.15, -0.1) is 11.6 Å². The highest BCUT2D eigenvalue weighted by Gasteiger charge is 2.30. The zero-order valence-electron chi connectivity index (χ0n) is 10.9. The highest BCUT2D eigenvalue weighted by atomic mass is 35.5. The predicted molar refractivity (Wildman–Crippen MR) is 69.7 cm³/mol. The molecule has 0 aliphatic carbocycles. The quantitative estimate of drug-likeness (QED) is 0.313. The van der Waals surface area contributed by atoms with Crippen molar-refractivity contribution in [1.29, 1.82) is 0 Å². The molecule has 1 atom stereocenters. The van der Waals surface area contributed by atoms with Gasteiger partial charge < -0.3 is 0 Å². The maximum atomic E-state index is 13.7. The summed E-state index contributed by atoms with van der Waals surface area (Å²) in [6.07, 6.45) is 0.746. The van der Waals surface area contributed by atoms with Crippen molar-refractivity contribution < 1.29 is 22.0 Å². The summed E-state index contributed by atoms with van der Waals surface area (Å²) in [5, 5.41) is -1.47. The first kappa shape index (κ1) is 15.8. The van der Waals surface area contributed by atoms with Crippen LogP contribution in [-0.4, -0.2) is 0 Å². The van der Waals surface area contributed by atoms with Crippen LogP contribution in [0.2, 0.25) is 0 Å². The van der Waals surface area contributed by atoms with Gasteiger partial charge in [-0.1, -0.05) is 31.2 Å². The van der Waals surface area contributed by atoms with Crippen molar-refractivity contribution >= 4 is 11.6 Å². The van der Waals surface area contributed by atoms with E-state index in [0.717, 1.165) is 12.0 Å². The van der Waals surface area contributed by atoms with E-state index in [4.69, 9.17) is 11.6 Å². The molecule has 0 saturated carbocycles. The molecule has 0 spiro atoms. The summed E-state index contributed by atoms with van der Waals surface area (Å²) in [6, 6.07) is 6.34. The molecule has 0 heterocycles. The second-order valence-electron chi connectivity index (χ2n) is 4.44. The molecule has 112 valence electrons. The van der Waals surface area contributed by atoms with Gasteiger partial charge in [-0.05, 0) is 17.5 Å². The first-order valence-electron chi connectivity index (χ1n) is 6.12. The van der Waals surface area contributed by atoms with Gasteiger partial charge in [0.1, 0.15) is 0 Å². The van der Waals surface area contributed by atoms with E-state index in [1.54, 1.807) is 12.1 Å². The fourth-order valence-corrected chi connectivity index (χ4v) is 2.27. The van der Waals surface area contributed by atoms with Gasteiger partial charge in [0, 0.05) is 0 Å². The van der Waals surface area contributed by atoms with Crippen LogP contribution in [0.1, 0.15) is 29.0 Å². The number of hydrogen-bond donors (Lipinski definition) is 0. The molecule has 6 heteroatoms. The van der Waals surface area contributed by atoms with E-state index in [-0.39, 0.29) is 5.56 Å². The summed E-state index contributed by atoms with van der Waals surface area (Å²) in [6.45, 7) is 1.91. The Morgan fingerprint density at radius 1 is 0.810 bits per heavy atom. The topological polar surface area (TPSA) is 0 Å². The molecule has 0 fully saturated rings. The van der Waals surface area contributed by atoms with Gasteiger partial charge in [0.15, 0.2) is 23.3 Å². The molecule has 0 N–H and O–H groups in total. The Balaban J connectivity index is 2.55. The van der Waals surface area contributed by atoms with Gasteiger partial charge in [0.2, 0.25) is 5.82 Å². The Bertz CT molecular complexity index is 638. The summed E-state index contributed by atoms with van der Waals surface area (Å²) >= 11 is 5.90. The first-order chi connectivity index (χ1) is 9.88. The van der Waals surface area contributed by atoms with E-state index >= 15 is 0 Å². The minimum atomic E-state index is -2.20. The number of hydrogen-bond acceptors (Lipinski definition) is 0. The highest BCUT2D eigenvalue weighted by Crippen LogP contribution is 2.35. The van der Waals surface area contributed by atoms with E-state index in [1.165, 1.54) is 12.1 Å². The van der Waals surface area contributed by atoms with Crippen LogP contribution in [0.5, 0.6) is 0 Å². The molecule has 0 saturated heterocycles. The summed E-state index contributed by atoms with van der Waals surface area (Å²) in [5.74, 6) is -10.0. The second kappa shape index (κ2) is 6.02. The summed E-state index contributed by atoms with van der Waals surface area (Å²) < 4.78 is 66.7. The number of aryl methyl sites for hydroxylation is 1. The molecule has 0 bridgehead atoms. The molecule has 0 aromatic heterocycles. The second-order valence-corrected chi connectivity index (χ2v) is 4.88. The van der Waals surface area contributed by atoms with Crippen molar-refractivity contribution in [1.82, 2.24) is 0 Å². The van der Waals surface area contributed by atoms with Gasteiger partial charge in [-0.3, -0.25) is 0 Å². The molecule has 0 aliphatic rings. The lowest BCUT2D eigenvalue weighted by molar-refractivity contribution is 0.371. The Morgan fingerprint density at radius 2 is 1.24 bits per heavy atom. The Labute approximate surface area is 123 Å². The number of benzene rings is 2. The number of halogens is 6. The fraction of sp³-hybridized carbons (Fsp3) is 0.200. The Kier molecular flexibility index (Phi) is 4.52. The number of alkyl halides is 1. The van der Waals surface area contributed by atoms with Crippen molar-refractivity contribution in [2.75, 3.05) is 0 Å². The van der Waals surface area contributed by atoms with Crippen LogP contribution in [-0.2, 0) is 6.42 Å². The largest absolute Gasteiger partial charge is 0.203 e. The molecule has 0 amide bonds. The van der Waals surface area contributed by atoms with E-state index < -0.39 is 40.0 Å². The molecule has 2 rings (SSSR count). The van der Waals surface area contributed by atoms with Crippen molar-refractivity contribution in [2.24, 2.45) is 0 Å². The van der Waals surface area contributed by atoms with Crippen LogP contribution in [0, 0.1) is 29.1 Å². The van der Waals surface area contributed by atoms with Crippen LogP contribution < -0.4 is 0 Å². The van der Waals surface area contributed by atoms with Crippen LogP contribution >= 0.6 is 11.6 Å². The molecule has 0 nitrogen and oxygen atoms in total. The molecule has 0 radical (unpaired) electrons. The van der Waals surface area contributed by atoms with Crippen LogP contribution in [0.3, 0.4) is 0 Å². The molecular formula is C15H10ClF5. The van der Waals surface area contributed by atoms with E-state index in [2.05, 4.69) is 0 Å². The van der Waals surface area contributed by atoms with Gasteiger partial charge >= 0.3 is 0 Å². The zero-order valence-corrected chi connectivity index (χ0v) is 11.6. The average molecular weight is 321 g/mol. The van der Waals surface area contributed by atoms with E-state index in [1.807, 2.05) is 6.92 Å². The fourth-order valence-electron chi connectivity index (χ4n) is 1.93. The molecule has 1 unspecified atom stereocenters. The van der Waals surface area contributed by atoms with Gasteiger partial charge in [0.25, 0.3) is 0 Å². The van der Waals surface area contributed by atoms with Crippen LogP contribution in [0.15, 0.2) is 24.3 Å². The van der Waals surface area contributed by atoms with Crippen molar-refractivity contribution in [3.63, 3.8) is 0 Å². The molecule has 0 aliphatic heterocycles. The third-order valence-corrected chi connectivity index (χ3v) is 3.65. The standard InChI is InChI=1S/C15H10ClF5/c1-2-7-3-5-8(6-4-7)10(16)9-11(17)13(19)15(21)14(20)12(9)18/h3-6,10H,2H2,1H3. The van der Waals surface area contributed by atoms with Gasteiger partial charge in [0.05, 0.1) is 10.9 Å². The summed E-state index contributed by atoms with van der Waals surface area (Å²) in [4.78, 5) is 0. The normalized spacial score (nSPS) is 12.5. The maximum absolute atomic E-state index is 13.7. The lowest BCUT2D eigenvalue weighted by Crippen LogP contribution is -2.09. The smallest absolute Gasteiger partial charge is 0.200 e. The minimum absolute atomic E-state index is 0.247. The lowest BCUT2D eigenvalue weighted by Gasteiger charge is -2.14. The Hall–Kier alpha value is -1.62. The molecule has 21 heavy (non-hydrogen) atoms. The minimum Gasteiger partial charge on any atom is -0.203 e. The number of rotatable bonds is 3. The summed E-state index contributed by atoms with van der Waals surface area (Å²) in [7, 11) is 0. The van der Waals surface area contributed by atoms with Gasteiger partial charge in [-0.25, -0.2) is 22.0 Å². The highest BCUT2D eigenvalue weighted by molar-refractivity contribution is 6.22. The monoisotopic (exact) mass is 320 g/mol. The van der Waals surface area contributed by atoms with Crippen LogP contribution in [0.4, 0.5) is 22.0 Å². The predicted octanol–water partition coefficient (Wildman–Crippen LogP) is 5.27. The lowest BCUT2D eigenvalue weighted by atomic mass is 10.0. The molecular weight excluding hydrogens is 311 g/mol. The average Bonchev–Trinajstić information content (AvgIpc) is 2.51. The third-order valence-electron chi connectivity index (χ3n) is 3.18. The summed E-state index contributed by atoms with van der Waals surface area (Å²) in [5.41, 5.74) is 0.161. The third kappa shape index (κ3) is 2.75. The molecule has 2 aromatic carbocycles. The maximum Gasteiger partial charge on any atom is 0.200 e. The van der Waals surface area contributed by atoms with Crippen molar-refractivity contribution in [3.8, 4) is 0 Å². The van der Waals surface area contributed by atoms with Crippen molar-refractivity contribution in [2.45, 2.75) is 18.7 Å².